The molecule has 0 spiro atoms. The number of carbonyl (C=O) groups excluding carboxylic acids is 1. The third-order valence-corrected chi connectivity index (χ3v) is 3.51. The van der Waals surface area contributed by atoms with Crippen LogP contribution in [0.25, 0.3) is 0 Å². The molecule has 1 aromatic rings. The summed E-state index contributed by atoms with van der Waals surface area (Å²) in [4.78, 5) is 12.0. The number of nitrogens with one attached hydrogen (secondary N) is 1. The van der Waals surface area contributed by atoms with Crippen molar-refractivity contribution >= 4 is 5.91 Å². The fourth-order valence-corrected chi connectivity index (χ4v) is 2.04. The molecule has 0 aliphatic rings. The van der Waals surface area contributed by atoms with Crippen LogP contribution in [0.3, 0.4) is 0 Å². The Kier molecular flexibility index (Phi) is 8.44. The zero-order chi connectivity index (χ0) is 16.0. The summed E-state index contributed by atoms with van der Waals surface area (Å²) in [5.74, 6) is -0.0174. The van der Waals surface area contributed by atoms with Gasteiger partial charge in [-0.1, -0.05) is 0 Å². The van der Waals surface area contributed by atoms with Crippen LogP contribution in [0.2, 0.25) is 0 Å². The summed E-state index contributed by atoms with van der Waals surface area (Å²) in [5, 5.41) is 2.77. The first-order valence-corrected chi connectivity index (χ1v) is 9.91. The Bertz CT molecular complexity index is 456. The predicted molar refractivity (Wildman–Crippen MR) is 76.4 cm³/mol. The molecule has 1 radical (unpaired) electrons. The monoisotopic (exact) mass is 358 g/mol. The van der Waals surface area contributed by atoms with Crippen LogP contribution in [0.1, 0.15) is 38.2 Å². The molecule has 0 unspecified atom stereocenters. The third-order valence-electron chi connectivity index (χ3n) is 3.51. The summed E-state index contributed by atoms with van der Waals surface area (Å²) in [6, 6.07) is 0. The van der Waals surface area contributed by atoms with Crippen LogP contribution >= 0.6 is 0 Å². The van der Waals surface area contributed by atoms with Crippen molar-refractivity contribution in [1.82, 2.24) is 5.32 Å². The molecule has 0 atom stereocenters. The molecular formula is C14H24N2O3Zr. The van der Waals surface area contributed by atoms with Gasteiger partial charge in [0.05, 0.1) is 0 Å². The zero-order valence-electron chi connectivity index (χ0n) is 12.8. The van der Waals surface area contributed by atoms with E-state index in [-0.39, 0.29) is 5.91 Å². The van der Waals surface area contributed by atoms with Gasteiger partial charge in [0.2, 0.25) is 0 Å². The fraction of sp³-hybridized carbons (Fsp3) is 0.429. The van der Waals surface area contributed by atoms with E-state index < -0.39 is 22.9 Å². The molecule has 0 aliphatic heterocycles. The van der Waals surface area contributed by atoms with Gasteiger partial charge >= 0.3 is 33.0 Å². The van der Waals surface area contributed by atoms with Gasteiger partial charge in [0, 0.05) is 12.1 Å². The molecule has 6 heteroatoms. The van der Waals surface area contributed by atoms with Crippen molar-refractivity contribution in [2.24, 2.45) is 3.68 Å². The molecule has 0 saturated heterocycles. The van der Waals surface area contributed by atoms with Crippen LogP contribution in [0.4, 0.5) is 0 Å². The van der Waals surface area contributed by atoms with Gasteiger partial charge in [0.15, 0.2) is 0 Å². The van der Waals surface area contributed by atoms with E-state index in [1.165, 1.54) is 16.7 Å². The number of amides is 1. The van der Waals surface area contributed by atoms with Crippen molar-refractivity contribution in [3.05, 3.63) is 40.3 Å². The Morgan fingerprint density at radius 3 is 1.65 bits per heavy atom. The maximum atomic E-state index is 12.0. The van der Waals surface area contributed by atoms with E-state index in [0.717, 1.165) is 16.7 Å². The number of hydrogen-bond donors (Lipinski definition) is 4. The number of benzene rings is 1. The fourth-order valence-electron chi connectivity index (χ4n) is 2.04. The Balaban J connectivity index is 0.000000796. The van der Waals surface area contributed by atoms with E-state index in [1.54, 1.807) is 0 Å². The second kappa shape index (κ2) is 8.68. The van der Waals surface area contributed by atoms with Crippen LogP contribution < -0.4 is 8.99 Å². The molecule has 1 amide bonds. The molecule has 5 N–H and O–H groups in total. The Labute approximate surface area is 130 Å². The van der Waals surface area contributed by atoms with E-state index in [4.69, 9.17) is 6.37 Å². The van der Waals surface area contributed by atoms with Crippen molar-refractivity contribution in [3.63, 3.8) is 0 Å². The van der Waals surface area contributed by atoms with E-state index >= 15 is 0 Å². The maximum absolute atomic E-state index is 12.0. The normalized spacial score (nSPS) is 9.65. The van der Waals surface area contributed by atoms with Crippen molar-refractivity contribution in [1.29, 1.82) is 0 Å². The van der Waals surface area contributed by atoms with Crippen LogP contribution in [-0.2, 0) is 22.9 Å². The molecule has 0 heterocycles. The van der Waals surface area contributed by atoms with Crippen LogP contribution in [0.5, 0.6) is 0 Å². The summed E-state index contributed by atoms with van der Waals surface area (Å²) >= 11 is -3.04. The predicted octanol–water partition coefficient (Wildman–Crippen LogP) is 1.09. The average Bonchev–Trinajstić information content (AvgIpc) is 2.34. The minimum atomic E-state index is -3.04. The molecule has 0 bridgehead atoms. The number of rotatable bonds is 2. The van der Waals surface area contributed by atoms with Gasteiger partial charge in [-0.3, -0.25) is 4.79 Å². The average molecular weight is 360 g/mol. The summed E-state index contributed by atoms with van der Waals surface area (Å²) in [6.45, 7) is 14.3. The first-order chi connectivity index (χ1) is 9.14. The standard InChI is InChI=1S/C14H20NO.H2N.2H2O.Zr/c1-7-15-14(16)13-11(5)9(3)8(2)10(4)12(13)6;;;;/h1,7H2,2-6H3,(H,15,16);3*1H2;/q;-1;;;+3/p-2. The SMILES string of the molecule is [CH2]CNC(=O)c1c(C)c(C)c(C)c(C)c1C.[NH2][Zr]([OH])[OH]. The molecule has 1 rings (SSSR count). The second-order valence-corrected chi connectivity index (χ2v) is 6.38. The molecule has 5 nitrogen and oxygen atoms in total. The van der Waals surface area contributed by atoms with E-state index in [0.29, 0.717) is 6.54 Å². The van der Waals surface area contributed by atoms with Gasteiger partial charge < -0.3 is 5.32 Å². The summed E-state index contributed by atoms with van der Waals surface area (Å²) in [6.07, 6.45) is 0. The van der Waals surface area contributed by atoms with Crippen molar-refractivity contribution in [3.8, 4) is 0 Å². The second-order valence-electron chi connectivity index (χ2n) is 4.61. The Morgan fingerprint density at radius 2 is 1.35 bits per heavy atom. The van der Waals surface area contributed by atoms with Gasteiger partial charge in [0.25, 0.3) is 5.91 Å². The van der Waals surface area contributed by atoms with Gasteiger partial charge in [-0.15, -0.1) is 0 Å². The summed E-state index contributed by atoms with van der Waals surface area (Å²) in [7, 11) is 0. The molecule has 0 aliphatic carbocycles. The molecule has 1 aromatic carbocycles. The van der Waals surface area contributed by atoms with E-state index in [2.05, 4.69) is 36.7 Å². The quantitative estimate of drug-likeness (QED) is 0.635. The third kappa shape index (κ3) is 5.09. The van der Waals surface area contributed by atoms with Gasteiger partial charge in [-0.2, -0.15) is 0 Å². The number of nitrogens with two attached hydrogens (primary N) is 1. The Morgan fingerprint density at radius 1 is 1.05 bits per heavy atom. The zero-order valence-corrected chi connectivity index (χ0v) is 15.3. The summed E-state index contributed by atoms with van der Waals surface area (Å²) in [5.41, 5.74) is 6.65. The summed E-state index contributed by atoms with van der Waals surface area (Å²) < 4.78 is 19.6. The van der Waals surface area contributed by atoms with Crippen LogP contribution in [0.15, 0.2) is 0 Å². The van der Waals surface area contributed by atoms with Crippen molar-refractivity contribution < 1.29 is 34.1 Å². The molecular weight excluding hydrogens is 335 g/mol. The number of carbonyl (C=O) groups is 1. The van der Waals surface area contributed by atoms with Crippen LogP contribution in [-0.4, -0.2) is 18.8 Å². The van der Waals surface area contributed by atoms with E-state index in [9.17, 15) is 4.79 Å². The molecule has 0 fully saturated rings. The molecule has 0 aromatic heterocycles. The Hall–Kier alpha value is -0.547. The van der Waals surface area contributed by atoms with Gasteiger partial charge in [-0.25, -0.2) is 0 Å². The number of hydrogen-bond acceptors (Lipinski definition) is 4. The van der Waals surface area contributed by atoms with Gasteiger partial charge in [-0.05, 0) is 69.4 Å². The molecule has 0 saturated carbocycles. The van der Waals surface area contributed by atoms with Crippen molar-refractivity contribution in [2.75, 3.05) is 6.54 Å². The minimum absolute atomic E-state index is 0.0174. The van der Waals surface area contributed by atoms with Crippen LogP contribution in [0, 0.1) is 41.5 Å². The molecule has 112 valence electrons. The van der Waals surface area contributed by atoms with Crippen molar-refractivity contribution in [2.45, 2.75) is 34.6 Å². The first-order valence-electron chi connectivity index (χ1n) is 6.29. The first kappa shape index (κ1) is 19.5. The topological polar surface area (TPSA) is 95.6 Å². The van der Waals surface area contributed by atoms with E-state index in [1.807, 2.05) is 13.8 Å². The molecule has 20 heavy (non-hydrogen) atoms. The van der Waals surface area contributed by atoms with Gasteiger partial charge in [0.1, 0.15) is 0 Å².